The third kappa shape index (κ3) is 3.06. The van der Waals surface area contributed by atoms with E-state index in [4.69, 9.17) is 11.6 Å². The lowest BCUT2D eigenvalue weighted by Gasteiger charge is -2.26. The van der Waals surface area contributed by atoms with E-state index in [1.165, 1.54) is 0 Å². The van der Waals surface area contributed by atoms with Gasteiger partial charge in [-0.25, -0.2) is 9.97 Å². The number of alkyl halides is 2. The van der Waals surface area contributed by atoms with Crippen LogP contribution in [0.5, 0.6) is 0 Å². The van der Waals surface area contributed by atoms with Crippen molar-refractivity contribution in [3.8, 4) is 0 Å². The molecular formula is C18H22ClF2N3. The van der Waals surface area contributed by atoms with Crippen molar-refractivity contribution in [1.82, 2.24) is 9.97 Å². The quantitative estimate of drug-likeness (QED) is 0.713. The van der Waals surface area contributed by atoms with E-state index in [2.05, 4.69) is 28.7 Å². The van der Waals surface area contributed by atoms with Gasteiger partial charge in [0.15, 0.2) is 0 Å². The zero-order valence-corrected chi connectivity index (χ0v) is 14.8. The molecule has 3 heterocycles. The molecule has 3 rings (SSSR count). The fourth-order valence-corrected chi connectivity index (χ4v) is 3.68. The molecule has 6 heteroatoms. The standard InChI is InChI=1S/C18H22ClF2N3/c1-12(2)14-8-23-17(15-9-22-16(19)7-13(14)15)24-6-4-18(10-21,11-24)3-5-20/h7-9,12H,3-6,10-11H2,1-2H3. The Labute approximate surface area is 146 Å². The van der Waals surface area contributed by atoms with Crippen molar-refractivity contribution in [2.75, 3.05) is 31.3 Å². The summed E-state index contributed by atoms with van der Waals surface area (Å²) in [5.41, 5.74) is 0.511. The number of rotatable bonds is 5. The summed E-state index contributed by atoms with van der Waals surface area (Å²) in [4.78, 5) is 10.9. The first-order valence-corrected chi connectivity index (χ1v) is 8.68. The summed E-state index contributed by atoms with van der Waals surface area (Å²) < 4.78 is 26.3. The number of hydrogen-bond acceptors (Lipinski definition) is 3. The first-order chi connectivity index (χ1) is 11.5. The van der Waals surface area contributed by atoms with Crippen LogP contribution in [0, 0.1) is 5.41 Å². The SMILES string of the molecule is CC(C)c1cnc(N2CCC(CF)(CCF)C2)c2cnc(Cl)cc12. The molecule has 0 amide bonds. The van der Waals surface area contributed by atoms with E-state index in [0.29, 0.717) is 30.6 Å². The summed E-state index contributed by atoms with van der Waals surface area (Å²) >= 11 is 6.08. The summed E-state index contributed by atoms with van der Waals surface area (Å²) in [6.07, 6.45) is 4.50. The molecule has 1 aliphatic heterocycles. The minimum absolute atomic E-state index is 0.256. The second kappa shape index (κ2) is 6.79. The Morgan fingerprint density at radius 1 is 1.25 bits per heavy atom. The van der Waals surface area contributed by atoms with Crippen molar-refractivity contribution in [3.05, 3.63) is 29.2 Å². The van der Waals surface area contributed by atoms with Gasteiger partial charge in [0.25, 0.3) is 0 Å². The van der Waals surface area contributed by atoms with Crippen molar-refractivity contribution < 1.29 is 8.78 Å². The van der Waals surface area contributed by atoms with Gasteiger partial charge in [-0.3, -0.25) is 8.78 Å². The summed E-state index contributed by atoms with van der Waals surface area (Å²) in [5, 5.41) is 2.39. The Kier molecular flexibility index (Phi) is 4.90. The van der Waals surface area contributed by atoms with Gasteiger partial charge in [-0.15, -0.1) is 0 Å². The zero-order valence-electron chi connectivity index (χ0n) is 14.0. The van der Waals surface area contributed by atoms with Crippen LogP contribution in [-0.4, -0.2) is 36.4 Å². The summed E-state index contributed by atoms with van der Waals surface area (Å²) in [7, 11) is 0. The van der Waals surface area contributed by atoms with Crippen molar-refractivity contribution in [1.29, 1.82) is 0 Å². The van der Waals surface area contributed by atoms with Gasteiger partial charge in [-0.1, -0.05) is 25.4 Å². The van der Waals surface area contributed by atoms with Crippen LogP contribution in [-0.2, 0) is 0 Å². The van der Waals surface area contributed by atoms with Gasteiger partial charge < -0.3 is 4.90 Å². The number of anilines is 1. The Morgan fingerprint density at radius 2 is 2.04 bits per heavy atom. The summed E-state index contributed by atoms with van der Waals surface area (Å²) in [5.74, 6) is 1.09. The van der Waals surface area contributed by atoms with Gasteiger partial charge in [-0.05, 0) is 35.8 Å². The number of nitrogens with zero attached hydrogens (tertiary/aromatic N) is 3. The fourth-order valence-electron chi connectivity index (χ4n) is 3.53. The molecule has 0 aromatic carbocycles. The van der Waals surface area contributed by atoms with Gasteiger partial charge in [-0.2, -0.15) is 0 Å². The average molecular weight is 354 g/mol. The maximum absolute atomic E-state index is 13.5. The lowest BCUT2D eigenvalue weighted by molar-refractivity contribution is 0.197. The minimum Gasteiger partial charge on any atom is -0.355 e. The highest BCUT2D eigenvalue weighted by Crippen LogP contribution is 2.39. The van der Waals surface area contributed by atoms with Crippen LogP contribution < -0.4 is 4.90 Å². The number of halogens is 3. The van der Waals surface area contributed by atoms with Crippen LogP contribution in [0.2, 0.25) is 5.15 Å². The molecule has 0 bridgehead atoms. The first-order valence-electron chi connectivity index (χ1n) is 8.31. The largest absolute Gasteiger partial charge is 0.355 e. The van der Waals surface area contributed by atoms with Crippen LogP contribution in [0.4, 0.5) is 14.6 Å². The van der Waals surface area contributed by atoms with E-state index in [9.17, 15) is 8.78 Å². The average Bonchev–Trinajstić information content (AvgIpc) is 2.98. The molecule has 0 aliphatic carbocycles. The fraction of sp³-hybridized carbons (Fsp3) is 0.556. The highest BCUT2D eigenvalue weighted by molar-refractivity contribution is 6.30. The molecule has 1 saturated heterocycles. The second-order valence-corrected chi connectivity index (χ2v) is 7.38. The molecule has 2 aromatic rings. The van der Waals surface area contributed by atoms with Crippen molar-refractivity contribution in [2.45, 2.75) is 32.6 Å². The Morgan fingerprint density at radius 3 is 2.71 bits per heavy atom. The molecule has 0 spiro atoms. The molecule has 1 atom stereocenters. The third-order valence-electron chi connectivity index (χ3n) is 5.02. The Bertz CT molecular complexity index is 738. The first kappa shape index (κ1) is 17.3. The molecule has 2 aromatic heterocycles. The number of hydrogen-bond donors (Lipinski definition) is 0. The van der Waals surface area contributed by atoms with E-state index >= 15 is 0 Å². The van der Waals surface area contributed by atoms with E-state index in [1.54, 1.807) is 6.20 Å². The lowest BCUT2D eigenvalue weighted by Crippen LogP contribution is -2.30. The molecule has 0 radical (unpaired) electrons. The third-order valence-corrected chi connectivity index (χ3v) is 5.22. The molecule has 0 N–H and O–H groups in total. The van der Waals surface area contributed by atoms with E-state index in [0.717, 1.165) is 22.2 Å². The van der Waals surface area contributed by atoms with E-state index in [1.807, 2.05) is 12.3 Å². The lowest BCUT2D eigenvalue weighted by atomic mass is 9.86. The van der Waals surface area contributed by atoms with E-state index in [-0.39, 0.29) is 6.42 Å². The van der Waals surface area contributed by atoms with Crippen LogP contribution in [0.3, 0.4) is 0 Å². The molecule has 24 heavy (non-hydrogen) atoms. The van der Waals surface area contributed by atoms with Crippen LogP contribution >= 0.6 is 11.6 Å². The highest BCUT2D eigenvalue weighted by atomic mass is 35.5. The Hall–Kier alpha value is -1.49. The van der Waals surface area contributed by atoms with Gasteiger partial charge in [0, 0.05) is 36.3 Å². The van der Waals surface area contributed by atoms with Gasteiger partial charge in [0.05, 0.1) is 13.3 Å². The monoisotopic (exact) mass is 353 g/mol. The minimum atomic E-state index is -0.598. The molecule has 1 unspecified atom stereocenters. The van der Waals surface area contributed by atoms with E-state index < -0.39 is 18.8 Å². The normalized spacial score (nSPS) is 21.2. The predicted molar refractivity (Wildman–Crippen MR) is 94.5 cm³/mol. The summed E-state index contributed by atoms with van der Waals surface area (Å²) in [6, 6.07) is 1.86. The second-order valence-electron chi connectivity index (χ2n) is 6.99. The maximum atomic E-state index is 13.5. The van der Waals surface area contributed by atoms with Crippen LogP contribution in [0.25, 0.3) is 10.8 Å². The van der Waals surface area contributed by atoms with Crippen LogP contribution in [0.1, 0.15) is 38.2 Å². The predicted octanol–water partition coefficient (Wildman–Crippen LogP) is 4.93. The van der Waals surface area contributed by atoms with Gasteiger partial charge in [0.1, 0.15) is 11.0 Å². The topological polar surface area (TPSA) is 29.0 Å². The molecular weight excluding hydrogens is 332 g/mol. The number of aromatic nitrogens is 2. The maximum Gasteiger partial charge on any atom is 0.138 e. The molecule has 1 fully saturated rings. The van der Waals surface area contributed by atoms with Crippen molar-refractivity contribution in [2.24, 2.45) is 5.41 Å². The van der Waals surface area contributed by atoms with Crippen molar-refractivity contribution >= 4 is 28.2 Å². The molecule has 3 nitrogen and oxygen atoms in total. The smallest absolute Gasteiger partial charge is 0.138 e. The van der Waals surface area contributed by atoms with Gasteiger partial charge in [0.2, 0.25) is 0 Å². The molecule has 0 saturated carbocycles. The highest BCUT2D eigenvalue weighted by Gasteiger charge is 2.39. The molecule has 1 aliphatic rings. The van der Waals surface area contributed by atoms with Crippen molar-refractivity contribution in [3.63, 3.8) is 0 Å². The number of fused-ring (bicyclic) bond motifs is 1. The number of pyridine rings is 2. The molecule has 130 valence electrons. The summed E-state index contributed by atoms with van der Waals surface area (Å²) in [6.45, 7) is 4.38. The Balaban J connectivity index is 2.04. The van der Waals surface area contributed by atoms with Crippen LogP contribution in [0.15, 0.2) is 18.5 Å². The van der Waals surface area contributed by atoms with Gasteiger partial charge >= 0.3 is 0 Å². The zero-order chi connectivity index (χ0) is 17.3.